The van der Waals surface area contributed by atoms with E-state index in [1.807, 2.05) is 38.1 Å². The van der Waals surface area contributed by atoms with E-state index >= 15 is 0 Å². The molecule has 3 aromatic rings. The highest BCUT2D eigenvalue weighted by molar-refractivity contribution is 7.22. The van der Waals surface area contributed by atoms with E-state index in [0.717, 1.165) is 21.5 Å². The van der Waals surface area contributed by atoms with Crippen LogP contribution < -0.4 is 16.0 Å². The summed E-state index contributed by atoms with van der Waals surface area (Å²) in [4.78, 5) is 27.6. The third-order valence-corrected chi connectivity index (χ3v) is 4.65. The molecule has 0 fully saturated rings. The summed E-state index contributed by atoms with van der Waals surface area (Å²) in [7, 11) is 0. The number of aromatic nitrogens is 1. The molecule has 0 aliphatic rings. The highest BCUT2D eigenvalue weighted by Gasteiger charge is 2.08. The van der Waals surface area contributed by atoms with Gasteiger partial charge >= 0.3 is 6.03 Å². The molecule has 7 heteroatoms. The maximum Gasteiger partial charge on any atom is 0.323 e. The maximum absolute atomic E-state index is 12.2. The van der Waals surface area contributed by atoms with Crippen molar-refractivity contribution in [2.24, 2.45) is 0 Å². The number of nitrogens with zero attached hydrogens (tertiary/aromatic N) is 1. The molecule has 128 valence electrons. The summed E-state index contributed by atoms with van der Waals surface area (Å²) < 4.78 is 0.934. The SMILES string of the molecule is CC(=O)Nc1nc2cc(NC(=O)Nc3ccc(C)c(C)c3)ccc2s1. The van der Waals surface area contributed by atoms with Crippen LogP contribution in [0.4, 0.5) is 21.3 Å². The van der Waals surface area contributed by atoms with Gasteiger partial charge in [-0.2, -0.15) is 0 Å². The lowest BCUT2D eigenvalue weighted by atomic mass is 10.1. The Balaban J connectivity index is 1.72. The molecule has 0 unspecified atom stereocenters. The molecule has 1 heterocycles. The van der Waals surface area contributed by atoms with Gasteiger partial charge in [-0.25, -0.2) is 9.78 Å². The summed E-state index contributed by atoms with van der Waals surface area (Å²) in [6, 6.07) is 10.9. The molecule has 0 spiro atoms. The van der Waals surface area contributed by atoms with E-state index in [1.54, 1.807) is 12.1 Å². The van der Waals surface area contributed by atoms with Crippen molar-refractivity contribution in [3.63, 3.8) is 0 Å². The first-order chi connectivity index (χ1) is 11.9. The molecule has 0 aliphatic heterocycles. The average Bonchev–Trinajstić information content (AvgIpc) is 2.91. The fourth-order valence-electron chi connectivity index (χ4n) is 2.32. The Morgan fingerprint density at radius 2 is 1.60 bits per heavy atom. The molecule has 6 nitrogen and oxygen atoms in total. The first-order valence-electron chi connectivity index (χ1n) is 7.74. The van der Waals surface area contributed by atoms with E-state index in [9.17, 15) is 9.59 Å². The van der Waals surface area contributed by atoms with Gasteiger partial charge in [-0.05, 0) is 55.3 Å². The Labute approximate surface area is 149 Å². The Morgan fingerprint density at radius 1 is 0.920 bits per heavy atom. The second-order valence-electron chi connectivity index (χ2n) is 5.76. The molecule has 0 radical (unpaired) electrons. The van der Waals surface area contributed by atoms with Gasteiger partial charge in [0.2, 0.25) is 5.91 Å². The smallest absolute Gasteiger partial charge is 0.308 e. The standard InChI is InChI=1S/C18H18N4O2S/c1-10-4-5-13(8-11(10)2)20-17(24)21-14-6-7-16-15(9-14)22-18(25-16)19-12(3)23/h4-9H,1-3H3,(H,19,22,23)(H2,20,21,24). The fourth-order valence-corrected chi connectivity index (χ4v) is 3.21. The fraction of sp³-hybridized carbons (Fsp3) is 0.167. The van der Waals surface area contributed by atoms with Crippen molar-refractivity contribution in [1.29, 1.82) is 0 Å². The maximum atomic E-state index is 12.2. The van der Waals surface area contributed by atoms with Crippen LogP contribution in [0.3, 0.4) is 0 Å². The van der Waals surface area contributed by atoms with E-state index in [2.05, 4.69) is 20.9 Å². The number of carbonyl (C=O) groups is 2. The Bertz CT molecular complexity index is 965. The van der Waals surface area contributed by atoms with Gasteiger partial charge in [-0.15, -0.1) is 0 Å². The van der Waals surface area contributed by atoms with Crippen molar-refractivity contribution in [2.45, 2.75) is 20.8 Å². The van der Waals surface area contributed by atoms with Crippen LogP contribution in [0, 0.1) is 13.8 Å². The molecular weight excluding hydrogens is 336 g/mol. The zero-order valence-electron chi connectivity index (χ0n) is 14.1. The number of fused-ring (bicyclic) bond motifs is 1. The van der Waals surface area contributed by atoms with Gasteiger partial charge in [0.25, 0.3) is 0 Å². The molecule has 0 saturated heterocycles. The number of rotatable bonds is 3. The van der Waals surface area contributed by atoms with Gasteiger partial charge in [-0.3, -0.25) is 4.79 Å². The first kappa shape index (κ1) is 16.9. The number of hydrogen-bond acceptors (Lipinski definition) is 4. The Morgan fingerprint density at radius 3 is 2.28 bits per heavy atom. The van der Waals surface area contributed by atoms with Crippen LogP contribution in [0.5, 0.6) is 0 Å². The van der Waals surface area contributed by atoms with Crippen molar-refractivity contribution in [2.75, 3.05) is 16.0 Å². The molecular formula is C18H18N4O2S. The van der Waals surface area contributed by atoms with Gasteiger partial charge in [0, 0.05) is 18.3 Å². The average molecular weight is 354 g/mol. The van der Waals surface area contributed by atoms with Crippen molar-refractivity contribution < 1.29 is 9.59 Å². The van der Waals surface area contributed by atoms with E-state index in [1.165, 1.54) is 23.8 Å². The number of nitrogens with one attached hydrogen (secondary N) is 3. The monoisotopic (exact) mass is 354 g/mol. The predicted octanol–water partition coefficient (Wildman–Crippen LogP) is 4.52. The number of benzene rings is 2. The lowest BCUT2D eigenvalue weighted by Gasteiger charge is -2.09. The first-order valence-corrected chi connectivity index (χ1v) is 8.56. The predicted molar refractivity (Wildman–Crippen MR) is 102 cm³/mol. The van der Waals surface area contributed by atoms with Crippen molar-refractivity contribution >= 4 is 50.0 Å². The molecule has 3 N–H and O–H groups in total. The minimum Gasteiger partial charge on any atom is -0.308 e. The number of carbonyl (C=O) groups excluding carboxylic acids is 2. The van der Waals surface area contributed by atoms with Crippen LogP contribution in [0.15, 0.2) is 36.4 Å². The van der Waals surface area contributed by atoms with Gasteiger partial charge < -0.3 is 16.0 Å². The van der Waals surface area contributed by atoms with E-state index in [-0.39, 0.29) is 11.9 Å². The molecule has 0 aliphatic carbocycles. The third-order valence-electron chi connectivity index (χ3n) is 3.69. The quantitative estimate of drug-likeness (QED) is 0.647. The molecule has 0 bridgehead atoms. The van der Waals surface area contributed by atoms with Crippen LogP contribution >= 0.6 is 11.3 Å². The summed E-state index contributed by atoms with van der Waals surface area (Å²) in [5.74, 6) is -0.162. The van der Waals surface area contributed by atoms with Gasteiger partial charge in [0.05, 0.1) is 10.2 Å². The summed E-state index contributed by atoms with van der Waals surface area (Å²) in [6.45, 7) is 5.47. The Hall–Kier alpha value is -2.93. The van der Waals surface area contributed by atoms with Gasteiger partial charge in [-0.1, -0.05) is 17.4 Å². The summed E-state index contributed by atoms with van der Waals surface area (Å²) in [5, 5.41) is 8.81. The molecule has 3 amide bonds. The molecule has 0 saturated carbocycles. The minimum atomic E-state index is -0.320. The second-order valence-corrected chi connectivity index (χ2v) is 6.79. The minimum absolute atomic E-state index is 0.162. The molecule has 2 aromatic carbocycles. The number of amides is 3. The third kappa shape index (κ3) is 4.13. The summed E-state index contributed by atoms with van der Waals surface area (Å²) in [5.41, 5.74) is 4.39. The zero-order chi connectivity index (χ0) is 18.0. The topological polar surface area (TPSA) is 83.1 Å². The largest absolute Gasteiger partial charge is 0.323 e. The normalized spacial score (nSPS) is 10.5. The number of urea groups is 1. The number of hydrogen-bond donors (Lipinski definition) is 3. The zero-order valence-corrected chi connectivity index (χ0v) is 15.0. The molecule has 0 atom stereocenters. The lowest BCUT2D eigenvalue weighted by Crippen LogP contribution is -2.19. The van der Waals surface area contributed by atoms with Crippen LogP contribution in [0.1, 0.15) is 18.1 Å². The number of thiazole rings is 1. The molecule has 1 aromatic heterocycles. The Kier molecular flexibility index (Phi) is 4.67. The van der Waals surface area contributed by atoms with Crippen molar-refractivity contribution in [3.05, 3.63) is 47.5 Å². The van der Waals surface area contributed by atoms with E-state index < -0.39 is 0 Å². The van der Waals surface area contributed by atoms with E-state index in [0.29, 0.717) is 10.8 Å². The van der Waals surface area contributed by atoms with E-state index in [4.69, 9.17) is 0 Å². The summed E-state index contributed by atoms with van der Waals surface area (Å²) in [6.07, 6.45) is 0. The van der Waals surface area contributed by atoms with Crippen LogP contribution in [-0.2, 0) is 4.79 Å². The molecule has 25 heavy (non-hydrogen) atoms. The number of anilines is 3. The highest BCUT2D eigenvalue weighted by Crippen LogP contribution is 2.28. The van der Waals surface area contributed by atoms with Gasteiger partial charge in [0.1, 0.15) is 0 Å². The van der Waals surface area contributed by atoms with Crippen molar-refractivity contribution in [1.82, 2.24) is 4.98 Å². The van der Waals surface area contributed by atoms with Crippen LogP contribution in [0.2, 0.25) is 0 Å². The lowest BCUT2D eigenvalue weighted by molar-refractivity contribution is -0.114. The van der Waals surface area contributed by atoms with Gasteiger partial charge in [0.15, 0.2) is 5.13 Å². The highest BCUT2D eigenvalue weighted by atomic mass is 32.1. The molecule has 3 rings (SSSR count). The second kappa shape index (κ2) is 6.90. The van der Waals surface area contributed by atoms with Crippen LogP contribution in [-0.4, -0.2) is 16.9 Å². The summed E-state index contributed by atoms with van der Waals surface area (Å²) >= 11 is 1.39. The number of aryl methyl sites for hydroxylation is 2. The van der Waals surface area contributed by atoms with Crippen molar-refractivity contribution in [3.8, 4) is 0 Å². The van der Waals surface area contributed by atoms with Crippen LogP contribution in [0.25, 0.3) is 10.2 Å².